The van der Waals surface area contributed by atoms with Crippen molar-refractivity contribution in [1.82, 2.24) is 9.55 Å². The Labute approximate surface area is 116 Å². The molecule has 0 aliphatic carbocycles. The molecule has 0 saturated carbocycles. The van der Waals surface area contributed by atoms with E-state index in [1.807, 2.05) is 0 Å². The van der Waals surface area contributed by atoms with Crippen molar-refractivity contribution in [2.24, 2.45) is 0 Å². The Morgan fingerprint density at radius 1 is 1.25 bits per heavy atom. The van der Waals surface area contributed by atoms with Gasteiger partial charge in [0.05, 0.1) is 6.54 Å². The molecule has 0 amide bonds. The summed E-state index contributed by atoms with van der Waals surface area (Å²) in [5.74, 6) is -0.318. The van der Waals surface area contributed by atoms with E-state index >= 15 is 0 Å². The SMILES string of the molecule is O=c1c(Cl)nccn1Cc1ccc(OC(F)(F)F)cc1. The van der Waals surface area contributed by atoms with Gasteiger partial charge in [0.1, 0.15) is 5.75 Å². The highest BCUT2D eigenvalue weighted by atomic mass is 35.5. The van der Waals surface area contributed by atoms with Gasteiger partial charge in [0, 0.05) is 12.4 Å². The molecule has 0 N–H and O–H groups in total. The second kappa shape index (κ2) is 5.54. The molecule has 0 saturated heterocycles. The predicted octanol–water partition coefficient (Wildman–Crippen LogP) is 2.84. The first-order valence-electron chi connectivity index (χ1n) is 5.41. The number of rotatable bonds is 3. The predicted molar refractivity (Wildman–Crippen MR) is 65.7 cm³/mol. The van der Waals surface area contributed by atoms with E-state index in [2.05, 4.69) is 9.72 Å². The summed E-state index contributed by atoms with van der Waals surface area (Å²) in [6.45, 7) is 0.174. The standard InChI is InChI=1S/C12H8ClF3N2O2/c13-10-11(19)18(6-5-17-10)7-8-1-3-9(4-2-8)20-12(14,15)16/h1-6H,7H2. The number of alkyl halides is 3. The molecule has 0 radical (unpaired) electrons. The third kappa shape index (κ3) is 3.74. The minimum Gasteiger partial charge on any atom is -0.406 e. The average Bonchev–Trinajstić information content (AvgIpc) is 2.35. The van der Waals surface area contributed by atoms with Crippen molar-refractivity contribution in [2.45, 2.75) is 12.9 Å². The minimum absolute atomic E-state index is 0.162. The maximum atomic E-state index is 12.0. The number of hydrogen-bond acceptors (Lipinski definition) is 3. The molecule has 1 heterocycles. The first-order valence-corrected chi connectivity index (χ1v) is 5.78. The van der Waals surface area contributed by atoms with Crippen LogP contribution in [0.4, 0.5) is 13.2 Å². The smallest absolute Gasteiger partial charge is 0.406 e. The van der Waals surface area contributed by atoms with Gasteiger partial charge in [0.2, 0.25) is 0 Å². The lowest BCUT2D eigenvalue weighted by Crippen LogP contribution is -2.21. The molecule has 0 spiro atoms. The van der Waals surface area contributed by atoms with Crippen LogP contribution in [0.15, 0.2) is 41.5 Å². The lowest BCUT2D eigenvalue weighted by molar-refractivity contribution is -0.274. The highest BCUT2D eigenvalue weighted by Crippen LogP contribution is 2.22. The summed E-state index contributed by atoms with van der Waals surface area (Å²) in [5, 5.41) is -0.162. The molecule has 0 unspecified atom stereocenters. The van der Waals surface area contributed by atoms with Crippen LogP contribution in [0.3, 0.4) is 0 Å². The van der Waals surface area contributed by atoms with Gasteiger partial charge in [0.25, 0.3) is 5.56 Å². The van der Waals surface area contributed by atoms with E-state index in [1.54, 1.807) is 0 Å². The molecule has 20 heavy (non-hydrogen) atoms. The van der Waals surface area contributed by atoms with Crippen LogP contribution < -0.4 is 10.3 Å². The largest absolute Gasteiger partial charge is 0.573 e. The molecule has 0 fully saturated rings. The summed E-state index contributed by atoms with van der Waals surface area (Å²) in [6.07, 6.45) is -1.92. The normalized spacial score (nSPS) is 11.4. The van der Waals surface area contributed by atoms with Crippen LogP contribution in [-0.2, 0) is 6.54 Å². The van der Waals surface area contributed by atoms with Crippen molar-refractivity contribution in [3.05, 3.63) is 57.7 Å². The number of benzene rings is 1. The molecular formula is C12H8ClF3N2O2. The summed E-state index contributed by atoms with van der Waals surface area (Å²) in [5.41, 5.74) is 0.161. The van der Waals surface area contributed by atoms with Gasteiger partial charge < -0.3 is 9.30 Å². The third-order valence-corrected chi connectivity index (χ3v) is 2.64. The Balaban J connectivity index is 2.15. The van der Waals surface area contributed by atoms with Crippen molar-refractivity contribution in [2.75, 3.05) is 0 Å². The van der Waals surface area contributed by atoms with Gasteiger partial charge in [-0.3, -0.25) is 4.79 Å². The highest BCUT2D eigenvalue weighted by molar-refractivity contribution is 6.29. The molecule has 1 aromatic heterocycles. The fraction of sp³-hybridized carbons (Fsp3) is 0.167. The number of ether oxygens (including phenoxy) is 1. The Morgan fingerprint density at radius 3 is 2.50 bits per heavy atom. The van der Waals surface area contributed by atoms with Gasteiger partial charge in [-0.15, -0.1) is 13.2 Å². The summed E-state index contributed by atoms with van der Waals surface area (Å²) < 4.78 is 41.0. The monoisotopic (exact) mass is 304 g/mol. The maximum absolute atomic E-state index is 12.0. The zero-order chi connectivity index (χ0) is 14.8. The number of hydrogen-bond donors (Lipinski definition) is 0. The Bertz CT molecular complexity index is 653. The van der Waals surface area contributed by atoms with Gasteiger partial charge in [0.15, 0.2) is 5.15 Å². The molecule has 0 atom stereocenters. The third-order valence-electron chi connectivity index (χ3n) is 2.38. The lowest BCUT2D eigenvalue weighted by Gasteiger charge is -2.10. The minimum atomic E-state index is -4.73. The van der Waals surface area contributed by atoms with E-state index < -0.39 is 11.9 Å². The second-order valence-electron chi connectivity index (χ2n) is 3.84. The highest BCUT2D eigenvalue weighted by Gasteiger charge is 2.30. The maximum Gasteiger partial charge on any atom is 0.573 e. The summed E-state index contributed by atoms with van der Waals surface area (Å²) in [4.78, 5) is 15.2. The van der Waals surface area contributed by atoms with Crippen LogP contribution in [0.25, 0.3) is 0 Å². The molecule has 2 aromatic rings. The fourth-order valence-electron chi connectivity index (χ4n) is 1.54. The molecule has 0 aliphatic rings. The Hall–Kier alpha value is -2.02. The van der Waals surface area contributed by atoms with E-state index in [0.717, 1.165) is 0 Å². The molecular weight excluding hydrogens is 297 g/mol. The molecule has 2 rings (SSSR count). The fourth-order valence-corrected chi connectivity index (χ4v) is 1.70. The van der Waals surface area contributed by atoms with Crippen molar-refractivity contribution in [1.29, 1.82) is 0 Å². The zero-order valence-corrected chi connectivity index (χ0v) is 10.6. The van der Waals surface area contributed by atoms with E-state index in [4.69, 9.17) is 11.6 Å². The number of nitrogens with zero attached hydrogens (tertiary/aromatic N) is 2. The van der Waals surface area contributed by atoms with E-state index in [9.17, 15) is 18.0 Å². The van der Waals surface area contributed by atoms with Gasteiger partial charge in [-0.25, -0.2) is 4.98 Å². The summed E-state index contributed by atoms with van der Waals surface area (Å²) in [7, 11) is 0. The van der Waals surface area contributed by atoms with Crippen molar-refractivity contribution in [3.63, 3.8) is 0 Å². The molecule has 4 nitrogen and oxygen atoms in total. The summed E-state index contributed by atoms with van der Waals surface area (Å²) >= 11 is 5.59. The molecule has 1 aromatic carbocycles. The van der Waals surface area contributed by atoms with E-state index in [1.165, 1.54) is 41.2 Å². The number of halogens is 4. The Morgan fingerprint density at radius 2 is 1.90 bits per heavy atom. The molecule has 8 heteroatoms. The van der Waals surface area contributed by atoms with Crippen LogP contribution in [0.1, 0.15) is 5.56 Å². The molecule has 0 bridgehead atoms. The Kier molecular flexibility index (Phi) is 3.99. The lowest BCUT2D eigenvalue weighted by atomic mass is 10.2. The van der Waals surface area contributed by atoms with Crippen molar-refractivity contribution in [3.8, 4) is 5.75 Å². The van der Waals surface area contributed by atoms with Crippen LogP contribution in [0, 0.1) is 0 Å². The van der Waals surface area contributed by atoms with Gasteiger partial charge in [-0.1, -0.05) is 23.7 Å². The van der Waals surface area contributed by atoms with E-state index in [0.29, 0.717) is 5.56 Å². The van der Waals surface area contributed by atoms with Gasteiger partial charge in [-0.05, 0) is 17.7 Å². The topological polar surface area (TPSA) is 44.1 Å². The number of aromatic nitrogens is 2. The first-order chi connectivity index (χ1) is 9.35. The zero-order valence-electron chi connectivity index (χ0n) is 9.89. The average molecular weight is 305 g/mol. The van der Waals surface area contributed by atoms with Crippen LogP contribution in [-0.4, -0.2) is 15.9 Å². The second-order valence-corrected chi connectivity index (χ2v) is 4.20. The van der Waals surface area contributed by atoms with Gasteiger partial charge in [-0.2, -0.15) is 0 Å². The van der Waals surface area contributed by atoms with Crippen molar-refractivity contribution >= 4 is 11.6 Å². The van der Waals surface area contributed by atoms with Gasteiger partial charge >= 0.3 is 6.36 Å². The quantitative estimate of drug-likeness (QED) is 0.876. The van der Waals surface area contributed by atoms with Crippen LogP contribution >= 0.6 is 11.6 Å². The first kappa shape index (κ1) is 14.4. The van der Waals surface area contributed by atoms with Crippen LogP contribution in [0.2, 0.25) is 5.15 Å². The molecule has 106 valence electrons. The molecule has 0 aliphatic heterocycles. The summed E-state index contributed by atoms with van der Waals surface area (Å²) in [6, 6.07) is 5.22. The van der Waals surface area contributed by atoms with Crippen LogP contribution in [0.5, 0.6) is 5.75 Å². The van der Waals surface area contributed by atoms with Crippen molar-refractivity contribution < 1.29 is 17.9 Å². The van der Waals surface area contributed by atoms with E-state index in [-0.39, 0.29) is 17.4 Å².